The molecule has 8 nitrogen and oxygen atoms in total. The van der Waals surface area contributed by atoms with Gasteiger partial charge >= 0.3 is 5.69 Å². The minimum atomic E-state index is -0.0948. The lowest BCUT2D eigenvalue weighted by molar-refractivity contribution is 0.0398. The quantitative estimate of drug-likeness (QED) is 0.662. The van der Waals surface area contributed by atoms with Crippen LogP contribution in [0.1, 0.15) is 6.92 Å². The van der Waals surface area contributed by atoms with Crippen LogP contribution in [0.5, 0.6) is 0 Å². The third-order valence-electron chi connectivity index (χ3n) is 4.67. The number of hydrogen-bond acceptors (Lipinski definition) is 6. The van der Waals surface area contributed by atoms with Crippen LogP contribution in [0.4, 0.5) is 5.82 Å². The van der Waals surface area contributed by atoms with E-state index in [1.165, 1.54) is 0 Å². The Labute approximate surface area is 169 Å². The van der Waals surface area contributed by atoms with Crippen molar-refractivity contribution in [3.05, 3.63) is 28.9 Å². The number of H-pyrrole nitrogens is 1. The number of imidazole rings is 1. The Kier molecular flexibility index (Phi) is 7.43. The number of aryl methyl sites for hydroxylation is 1. The summed E-state index contributed by atoms with van der Waals surface area (Å²) in [4.78, 5) is 26.0. The van der Waals surface area contributed by atoms with E-state index in [4.69, 9.17) is 4.74 Å². The van der Waals surface area contributed by atoms with Crippen LogP contribution in [0.15, 0.2) is 23.3 Å². The monoisotopic (exact) mass is 414 g/mol. The van der Waals surface area contributed by atoms with E-state index in [0.29, 0.717) is 6.54 Å². The van der Waals surface area contributed by atoms with Crippen molar-refractivity contribution in [1.82, 2.24) is 24.4 Å². The van der Waals surface area contributed by atoms with Crippen molar-refractivity contribution in [3.8, 4) is 0 Å². The van der Waals surface area contributed by atoms with Gasteiger partial charge in [-0.15, -0.1) is 24.8 Å². The fourth-order valence-electron chi connectivity index (χ4n) is 3.32. The van der Waals surface area contributed by atoms with Gasteiger partial charge in [-0.3, -0.25) is 9.47 Å². The fraction of sp³-hybridized carbons (Fsp3) is 0.471. The minimum absolute atomic E-state index is 0. The number of hydrogen-bond donors (Lipinski definition) is 2. The van der Waals surface area contributed by atoms with Crippen molar-refractivity contribution in [2.45, 2.75) is 13.5 Å². The van der Waals surface area contributed by atoms with Crippen molar-refractivity contribution < 1.29 is 4.74 Å². The molecule has 1 aromatic carbocycles. The summed E-state index contributed by atoms with van der Waals surface area (Å²) in [6, 6.07) is 3.90. The fourth-order valence-corrected chi connectivity index (χ4v) is 3.32. The highest BCUT2D eigenvalue weighted by Gasteiger charge is 2.12. The van der Waals surface area contributed by atoms with Crippen LogP contribution >= 0.6 is 24.8 Å². The lowest BCUT2D eigenvalue weighted by Gasteiger charge is -2.26. The summed E-state index contributed by atoms with van der Waals surface area (Å²) in [6.45, 7) is 7.87. The maximum Gasteiger partial charge on any atom is 0.326 e. The van der Waals surface area contributed by atoms with Crippen molar-refractivity contribution in [3.63, 3.8) is 0 Å². The highest BCUT2D eigenvalue weighted by atomic mass is 35.5. The zero-order valence-corrected chi connectivity index (χ0v) is 16.7. The highest BCUT2D eigenvalue weighted by Crippen LogP contribution is 2.24. The van der Waals surface area contributed by atoms with E-state index in [9.17, 15) is 4.79 Å². The van der Waals surface area contributed by atoms with Gasteiger partial charge in [0.1, 0.15) is 12.1 Å². The smallest absolute Gasteiger partial charge is 0.326 e. The predicted octanol–water partition coefficient (Wildman–Crippen LogP) is 1.88. The Morgan fingerprint density at radius 1 is 1.22 bits per heavy atom. The van der Waals surface area contributed by atoms with Crippen LogP contribution in [0, 0.1) is 0 Å². The highest BCUT2D eigenvalue weighted by molar-refractivity contribution is 5.98. The number of aromatic amines is 1. The van der Waals surface area contributed by atoms with E-state index < -0.39 is 0 Å². The number of morpholine rings is 1. The Bertz CT molecular complexity index is 952. The lowest BCUT2D eigenvalue weighted by atomic mass is 10.2. The predicted molar refractivity (Wildman–Crippen MR) is 112 cm³/mol. The molecule has 1 aliphatic rings. The minimum Gasteiger partial charge on any atom is -0.379 e. The Morgan fingerprint density at radius 2 is 2.00 bits per heavy atom. The molecule has 3 aromatic rings. The number of anilines is 1. The molecule has 1 fully saturated rings. The SMILES string of the molecule is CCn1c(=O)[nH]c2cc3c(NCCN4CCOCC4)ncnc3cc21.Cl.Cl. The number of aromatic nitrogens is 4. The lowest BCUT2D eigenvalue weighted by Crippen LogP contribution is -2.39. The van der Waals surface area contributed by atoms with E-state index in [0.717, 1.165) is 67.1 Å². The van der Waals surface area contributed by atoms with Gasteiger partial charge in [0.15, 0.2) is 0 Å². The average molecular weight is 415 g/mol. The maximum absolute atomic E-state index is 12.0. The zero-order valence-electron chi connectivity index (χ0n) is 15.1. The molecule has 1 saturated heterocycles. The summed E-state index contributed by atoms with van der Waals surface area (Å²) in [5, 5.41) is 4.32. The van der Waals surface area contributed by atoms with Gasteiger partial charge in [0.2, 0.25) is 0 Å². The maximum atomic E-state index is 12.0. The Morgan fingerprint density at radius 3 is 2.74 bits per heavy atom. The molecule has 0 atom stereocenters. The molecule has 2 N–H and O–H groups in total. The number of benzene rings is 1. The molecule has 148 valence electrons. The first-order chi connectivity index (χ1) is 12.3. The van der Waals surface area contributed by atoms with Crippen molar-refractivity contribution in [2.24, 2.45) is 0 Å². The Balaban J connectivity index is 0.00000131. The third kappa shape index (κ3) is 4.35. The van der Waals surface area contributed by atoms with Crippen LogP contribution in [0.2, 0.25) is 0 Å². The molecule has 0 aliphatic carbocycles. The van der Waals surface area contributed by atoms with E-state index in [1.54, 1.807) is 10.9 Å². The topological polar surface area (TPSA) is 88.1 Å². The second-order valence-electron chi connectivity index (χ2n) is 6.16. The average Bonchev–Trinajstić information content (AvgIpc) is 2.95. The summed E-state index contributed by atoms with van der Waals surface area (Å²) >= 11 is 0. The molecular formula is C17H24Cl2N6O2. The molecule has 0 unspecified atom stereocenters. The van der Waals surface area contributed by atoms with E-state index >= 15 is 0 Å². The number of nitrogens with zero attached hydrogens (tertiary/aromatic N) is 4. The van der Waals surface area contributed by atoms with Crippen LogP contribution < -0.4 is 11.0 Å². The molecule has 0 bridgehead atoms. The van der Waals surface area contributed by atoms with Gasteiger partial charge in [0, 0.05) is 38.1 Å². The number of nitrogens with one attached hydrogen (secondary N) is 2. The molecular weight excluding hydrogens is 391 g/mol. The normalized spacial score (nSPS) is 14.7. The standard InChI is InChI=1S/C17H22N6O2.2ClH/c1-2-23-15-10-13-12(9-14(15)21-17(23)24)16(20-11-19-13)18-3-4-22-5-7-25-8-6-22;;/h9-11H,2-8H2,1H3,(H,21,24)(H,18,19,20);2*1H. The Hall–Kier alpha value is -1.87. The third-order valence-corrected chi connectivity index (χ3v) is 4.67. The molecule has 0 amide bonds. The van der Waals surface area contributed by atoms with Crippen LogP contribution in [0.25, 0.3) is 21.9 Å². The number of ether oxygens (including phenoxy) is 1. The van der Waals surface area contributed by atoms with Gasteiger partial charge < -0.3 is 15.0 Å². The molecule has 2 aromatic heterocycles. The number of fused-ring (bicyclic) bond motifs is 2. The van der Waals surface area contributed by atoms with E-state index in [-0.39, 0.29) is 30.5 Å². The first-order valence-corrected chi connectivity index (χ1v) is 8.67. The van der Waals surface area contributed by atoms with E-state index in [2.05, 4.69) is 25.2 Å². The van der Waals surface area contributed by atoms with E-state index in [1.807, 2.05) is 19.1 Å². The summed E-state index contributed by atoms with van der Waals surface area (Å²) < 4.78 is 7.08. The second-order valence-corrected chi connectivity index (χ2v) is 6.16. The summed E-state index contributed by atoms with van der Waals surface area (Å²) in [5.41, 5.74) is 2.42. The molecule has 27 heavy (non-hydrogen) atoms. The zero-order chi connectivity index (χ0) is 17.2. The first kappa shape index (κ1) is 21.4. The van der Waals surface area contributed by atoms with Gasteiger partial charge in [-0.2, -0.15) is 0 Å². The molecule has 0 radical (unpaired) electrons. The van der Waals surface area contributed by atoms with Gasteiger partial charge in [-0.05, 0) is 19.1 Å². The molecule has 0 saturated carbocycles. The molecule has 0 spiro atoms. The molecule has 3 heterocycles. The van der Waals surface area contributed by atoms with Gasteiger partial charge in [0.05, 0.1) is 29.8 Å². The number of halogens is 2. The largest absolute Gasteiger partial charge is 0.379 e. The van der Waals surface area contributed by atoms with Crippen LogP contribution in [-0.4, -0.2) is 63.8 Å². The van der Waals surface area contributed by atoms with Crippen LogP contribution in [-0.2, 0) is 11.3 Å². The van der Waals surface area contributed by atoms with Gasteiger partial charge in [0.25, 0.3) is 0 Å². The second kappa shape index (κ2) is 9.36. The molecule has 4 rings (SSSR count). The molecule has 10 heteroatoms. The summed E-state index contributed by atoms with van der Waals surface area (Å²) in [7, 11) is 0. The number of rotatable bonds is 5. The van der Waals surface area contributed by atoms with Gasteiger partial charge in [-0.25, -0.2) is 14.8 Å². The van der Waals surface area contributed by atoms with Crippen molar-refractivity contribution in [2.75, 3.05) is 44.7 Å². The summed E-state index contributed by atoms with van der Waals surface area (Å²) in [6.07, 6.45) is 1.56. The van der Waals surface area contributed by atoms with Crippen LogP contribution in [0.3, 0.4) is 0 Å². The van der Waals surface area contributed by atoms with Crippen molar-refractivity contribution >= 4 is 52.6 Å². The van der Waals surface area contributed by atoms with Crippen molar-refractivity contribution in [1.29, 1.82) is 0 Å². The molecule has 1 aliphatic heterocycles. The summed E-state index contributed by atoms with van der Waals surface area (Å²) in [5.74, 6) is 0.797. The first-order valence-electron chi connectivity index (χ1n) is 8.67. The van der Waals surface area contributed by atoms with Gasteiger partial charge in [-0.1, -0.05) is 0 Å².